The summed E-state index contributed by atoms with van der Waals surface area (Å²) < 4.78 is 0. The Kier molecular flexibility index (Phi) is 3.53. The van der Waals surface area contributed by atoms with Gasteiger partial charge in [-0.25, -0.2) is 0 Å². The highest BCUT2D eigenvalue weighted by Gasteiger charge is 2.33. The molecule has 1 aliphatic heterocycles. The van der Waals surface area contributed by atoms with Gasteiger partial charge in [0.2, 0.25) is 0 Å². The van der Waals surface area contributed by atoms with Crippen LogP contribution in [0.2, 0.25) is 5.02 Å². The smallest absolute Gasteiger partial charge is 0.0569 e. The standard InChI is InChI=1S/C13H19ClN2/c1-13(10-15-8-5-9-16(13)2)11-6-3-4-7-12(11)14/h3-4,6-7,15H,5,8-10H2,1-2H3. The Morgan fingerprint density at radius 1 is 1.38 bits per heavy atom. The molecule has 1 unspecified atom stereocenters. The Balaban J connectivity index is 2.39. The fourth-order valence-corrected chi connectivity index (χ4v) is 2.69. The molecule has 1 aliphatic rings. The van der Waals surface area contributed by atoms with Crippen LogP contribution in [0.25, 0.3) is 0 Å². The molecule has 0 amide bonds. The van der Waals surface area contributed by atoms with E-state index in [2.05, 4.69) is 36.3 Å². The molecule has 1 atom stereocenters. The second-order valence-corrected chi connectivity index (χ2v) is 5.11. The lowest BCUT2D eigenvalue weighted by atomic mass is 9.90. The van der Waals surface area contributed by atoms with Crippen molar-refractivity contribution in [2.75, 3.05) is 26.7 Å². The van der Waals surface area contributed by atoms with Gasteiger partial charge in [0.25, 0.3) is 0 Å². The molecule has 2 nitrogen and oxygen atoms in total. The van der Waals surface area contributed by atoms with E-state index in [1.165, 1.54) is 12.0 Å². The van der Waals surface area contributed by atoms with Gasteiger partial charge in [0, 0.05) is 11.6 Å². The van der Waals surface area contributed by atoms with Crippen LogP contribution < -0.4 is 5.32 Å². The average molecular weight is 239 g/mol. The Bertz CT molecular complexity index is 367. The fourth-order valence-electron chi connectivity index (χ4n) is 2.35. The van der Waals surface area contributed by atoms with Crippen molar-refractivity contribution in [2.45, 2.75) is 18.9 Å². The normalized spacial score (nSPS) is 27.7. The van der Waals surface area contributed by atoms with Gasteiger partial charge in [0.1, 0.15) is 0 Å². The molecule has 88 valence electrons. The van der Waals surface area contributed by atoms with E-state index in [1.54, 1.807) is 0 Å². The Morgan fingerprint density at radius 3 is 2.88 bits per heavy atom. The first-order valence-corrected chi connectivity index (χ1v) is 6.19. The van der Waals surface area contributed by atoms with Crippen LogP contribution in [0.4, 0.5) is 0 Å². The minimum Gasteiger partial charge on any atom is -0.315 e. The number of rotatable bonds is 1. The lowest BCUT2D eigenvalue weighted by Gasteiger charge is -2.38. The lowest BCUT2D eigenvalue weighted by Crippen LogP contribution is -2.46. The Hall–Kier alpha value is -0.570. The van der Waals surface area contributed by atoms with Crippen LogP contribution in [-0.4, -0.2) is 31.6 Å². The maximum Gasteiger partial charge on any atom is 0.0569 e. The van der Waals surface area contributed by atoms with E-state index in [1.807, 2.05) is 12.1 Å². The van der Waals surface area contributed by atoms with Crippen molar-refractivity contribution < 1.29 is 0 Å². The zero-order valence-electron chi connectivity index (χ0n) is 9.96. The number of halogens is 1. The van der Waals surface area contributed by atoms with E-state index in [4.69, 9.17) is 11.6 Å². The zero-order chi connectivity index (χ0) is 11.6. The number of nitrogens with one attached hydrogen (secondary N) is 1. The quantitative estimate of drug-likeness (QED) is 0.809. The van der Waals surface area contributed by atoms with Gasteiger partial charge < -0.3 is 5.32 Å². The van der Waals surface area contributed by atoms with Crippen LogP contribution in [0.15, 0.2) is 24.3 Å². The van der Waals surface area contributed by atoms with E-state index < -0.39 is 0 Å². The average Bonchev–Trinajstić information content (AvgIpc) is 2.43. The largest absolute Gasteiger partial charge is 0.315 e. The molecule has 0 saturated carbocycles. The monoisotopic (exact) mass is 238 g/mol. The van der Waals surface area contributed by atoms with Gasteiger partial charge in [0.05, 0.1) is 5.54 Å². The summed E-state index contributed by atoms with van der Waals surface area (Å²) in [5.41, 5.74) is 1.21. The Labute approximate surface area is 103 Å². The topological polar surface area (TPSA) is 15.3 Å². The van der Waals surface area contributed by atoms with Crippen LogP contribution >= 0.6 is 11.6 Å². The number of hydrogen-bond donors (Lipinski definition) is 1. The minimum atomic E-state index is -0.00512. The van der Waals surface area contributed by atoms with Crippen molar-refractivity contribution in [3.8, 4) is 0 Å². The summed E-state index contributed by atoms with van der Waals surface area (Å²) >= 11 is 6.31. The van der Waals surface area contributed by atoms with Crippen molar-refractivity contribution in [3.05, 3.63) is 34.9 Å². The minimum absolute atomic E-state index is 0.00512. The van der Waals surface area contributed by atoms with Crippen LogP contribution in [0, 0.1) is 0 Å². The van der Waals surface area contributed by atoms with E-state index in [9.17, 15) is 0 Å². The highest BCUT2D eigenvalue weighted by Crippen LogP contribution is 2.32. The maximum absolute atomic E-state index is 6.31. The molecule has 0 aromatic heterocycles. The lowest BCUT2D eigenvalue weighted by molar-refractivity contribution is 0.151. The molecule has 1 aromatic carbocycles. The van der Waals surface area contributed by atoms with Crippen LogP contribution in [0.5, 0.6) is 0 Å². The van der Waals surface area contributed by atoms with Crippen molar-refractivity contribution in [1.29, 1.82) is 0 Å². The molecule has 0 spiro atoms. The molecule has 0 bridgehead atoms. The van der Waals surface area contributed by atoms with Gasteiger partial charge in [-0.3, -0.25) is 4.90 Å². The van der Waals surface area contributed by atoms with Crippen molar-refractivity contribution in [1.82, 2.24) is 10.2 Å². The summed E-state index contributed by atoms with van der Waals surface area (Å²) in [5, 5.41) is 4.36. The van der Waals surface area contributed by atoms with E-state index in [0.717, 1.165) is 24.7 Å². The van der Waals surface area contributed by atoms with Gasteiger partial charge in [-0.05, 0) is 45.1 Å². The predicted octanol–water partition coefficient (Wildman–Crippen LogP) is 2.48. The molecular formula is C13H19ClN2. The van der Waals surface area contributed by atoms with Gasteiger partial charge in [-0.2, -0.15) is 0 Å². The van der Waals surface area contributed by atoms with Crippen LogP contribution in [-0.2, 0) is 5.54 Å². The van der Waals surface area contributed by atoms with E-state index >= 15 is 0 Å². The summed E-state index contributed by atoms with van der Waals surface area (Å²) in [4.78, 5) is 2.40. The summed E-state index contributed by atoms with van der Waals surface area (Å²) in [6.07, 6.45) is 1.19. The number of benzene rings is 1. The fraction of sp³-hybridized carbons (Fsp3) is 0.538. The third kappa shape index (κ3) is 2.10. The number of hydrogen-bond acceptors (Lipinski definition) is 2. The highest BCUT2D eigenvalue weighted by molar-refractivity contribution is 6.31. The van der Waals surface area contributed by atoms with Crippen molar-refractivity contribution in [3.63, 3.8) is 0 Å². The molecule has 1 fully saturated rings. The predicted molar refractivity (Wildman–Crippen MR) is 68.9 cm³/mol. The first kappa shape index (κ1) is 11.9. The highest BCUT2D eigenvalue weighted by atomic mass is 35.5. The number of likely N-dealkylation sites (N-methyl/N-ethyl adjacent to an activating group) is 1. The van der Waals surface area contributed by atoms with Gasteiger partial charge in [-0.15, -0.1) is 0 Å². The van der Waals surface area contributed by atoms with Crippen molar-refractivity contribution in [2.24, 2.45) is 0 Å². The molecule has 3 heteroatoms. The molecule has 0 radical (unpaired) electrons. The summed E-state index contributed by atoms with van der Waals surface area (Å²) in [5.74, 6) is 0. The summed E-state index contributed by atoms with van der Waals surface area (Å²) in [6, 6.07) is 8.15. The first-order valence-electron chi connectivity index (χ1n) is 5.81. The molecule has 16 heavy (non-hydrogen) atoms. The molecule has 1 aromatic rings. The Morgan fingerprint density at radius 2 is 2.12 bits per heavy atom. The maximum atomic E-state index is 6.31. The molecule has 1 heterocycles. The van der Waals surface area contributed by atoms with Crippen LogP contribution in [0.1, 0.15) is 18.9 Å². The number of nitrogens with zero attached hydrogens (tertiary/aromatic N) is 1. The van der Waals surface area contributed by atoms with E-state index in [-0.39, 0.29) is 5.54 Å². The third-order valence-corrected chi connectivity index (χ3v) is 3.94. The summed E-state index contributed by atoms with van der Waals surface area (Å²) in [6.45, 7) is 5.40. The van der Waals surface area contributed by atoms with Crippen molar-refractivity contribution >= 4 is 11.6 Å². The SMILES string of the molecule is CN1CCCNCC1(C)c1ccccc1Cl. The molecule has 1 N–H and O–H groups in total. The second-order valence-electron chi connectivity index (χ2n) is 4.71. The van der Waals surface area contributed by atoms with E-state index in [0.29, 0.717) is 0 Å². The third-order valence-electron chi connectivity index (χ3n) is 3.61. The summed E-state index contributed by atoms with van der Waals surface area (Å²) in [7, 11) is 2.18. The molecule has 1 saturated heterocycles. The molecule has 0 aliphatic carbocycles. The zero-order valence-corrected chi connectivity index (χ0v) is 10.7. The van der Waals surface area contributed by atoms with Gasteiger partial charge in [-0.1, -0.05) is 29.8 Å². The molecular weight excluding hydrogens is 220 g/mol. The first-order chi connectivity index (χ1) is 7.64. The van der Waals surface area contributed by atoms with Crippen LogP contribution in [0.3, 0.4) is 0 Å². The van der Waals surface area contributed by atoms with Gasteiger partial charge >= 0.3 is 0 Å². The molecule has 2 rings (SSSR count). The van der Waals surface area contributed by atoms with Gasteiger partial charge in [0.15, 0.2) is 0 Å². The second kappa shape index (κ2) is 4.74.